The fraction of sp³-hybridized carbons (Fsp3) is 0.0833. The molecule has 0 fully saturated rings. The van der Waals surface area contributed by atoms with Gasteiger partial charge in [-0.3, -0.25) is 4.79 Å². The second-order valence-corrected chi connectivity index (χ2v) is 7.69. The van der Waals surface area contributed by atoms with Gasteiger partial charge in [0.2, 0.25) is 0 Å². The second-order valence-electron chi connectivity index (χ2n) is 6.83. The molecule has 2 aromatic heterocycles. The summed E-state index contributed by atoms with van der Waals surface area (Å²) in [5.41, 5.74) is 3.73. The molecule has 4 rings (SSSR count). The molecule has 0 atom stereocenters. The molecule has 0 bridgehead atoms. The Bertz CT molecular complexity index is 1230. The molecule has 0 N–H and O–H groups in total. The standard InChI is InChI=1S/C24H19N5OS/c1-2-12-28(15-19-10-8-18(13-25)9-11-19)24(30)22-17-31-23(27-22)20-14-26-29(16-20)21-6-4-3-5-7-21/h2-11,14,16-17H,1,12,15H2. The Kier molecular flexibility index (Phi) is 6.01. The second kappa shape index (κ2) is 9.20. The first-order valence-electron chi connectivity index (χ1n) is 9.63. The Morgan fingerprint density at radius 2 is 1.97 bits per heavy atom. The summed E-state index contributed by atoms with van der Waals surface area (Å²) in [6.45, 7) is 4.58. The molecule has 2 aromatic carbocycles. The maximum absolute atomic E-state index is 13.1. The molecule has 0 saturated carbocycles. The number of aromatic nitrogens is 3. The van der Waals surface area contributed by atoms with E-state index in [-0.39, 0.29) is 5.91 Å². The average Bonchev–Trinajstić information content (AvgIpc) is 3.49. The molecular weight excluding hydrogens is 406 g/mol. The van der Waals surface area contributed by atoms with Crippen molar-refractivity contribution in [1.29, 1.82) is 5.26 Å². The third-order valence-electron chi connectivity index (χ3n) is 4.67. The lowest BCUT2D eigenvalue weighted by molar-refractivity contribution is 0.0757. The highest BCUT2D eigenvalue weighted by molar-refractivity contribution is 7.13. The quantitative estimate of drug-likeness (QED) is 0.402. The van der Waals surface area contributed by atoms with Gasteiger partial charge in [0.05, 0.1) is 23.5 Å². The lowest BCUT2D eigenvalue weighted by Gasteiger charge is -2.20. The number of benzene rings is 2. The Balaban J connectivity index is 1.52. The highest BCUT2D eigenvalue weighted by Gasteiger charge is 2.19. The van der Waals surface area contributed by atoms with E-state index in [1.165, 1.54) is 11.3 Å². The van der Waals surface area contributed by atoms with Gasteiger partial charge in [-0.1, -0.05) is 36.4 Å². The van der Waals surface area contributed by atoms with Gasteiger partial charge in [-0.05, 0) is 29.8 Å². The molecule has 0 aliphatic rings. The number of nitriles is 1. The predicted octanol–water partition coefficient (Wildman–Crippen LogP) is 4.70. The normalized spacial score (nSPS) is 10.4. The minimum atomic E-state index is -0.165. The molecule has 6 nitrogen and oxygen atoms in total. The van der Waals surface area contributed by atoms with Crippen LogP contribution in [0, 0.1) is 11.3 Å². The van der Waals surface area contributed by atoms with E-state index in [2.05, 4.69) is 22.7 Å². The first-order valence-corrected chi connectivity index (χ1v) is 10.5. The maximum atomic E-state index is 13.1. The van der Waals surface area contributed by atoms with Crippen LogP contribution in [0.25, 0.3) is 16.3 Å². The van der Waals surface area contributed by atoms with Crippen molar-refractivity contribution in [2.45, 2.75) is 6.54 Å². The number of thiazole rings is 1. The molecular formula is C24H19N5OS. The molecule has 0 aliphatic heterocycles. The third-order valence-corrected chi connectivity index (χ3v) is 5.56. The molecule has 0 saturated heterocycles. The van der Waals surface area contributed by atoms with E-state index in [1.54, 1.807) is 39.4 Å². The van der Waals surface area contributed by atoms with Gasteiger partial charge in [0.1, 0.15) is 10.7 Å². The van der Waals surface area contributed by atoms with Gasteiger partial charge in [0.15, 0.2) is 0 Å². The SMILES string of the molecule is C=CCN(Cc1ccc(C#N)cc1)C(=O)c1csc(-c2cnn(-c3ccccc3)c2)n1. The van der Waals surface area contributed by atoms with Crippen molar-refractivity contribution in [2.75, 3.05) is 6.54 Å². The highest BCUT2D eigenvalue weighted by Crippen LogP contribution is 2.25. The summed E-state index contributed by atoms with van der Waals surface area (Å²) in [7, 11) is 0. The van der Waals surface area contributed by atoms with Crippen LogP contribution in [0.2, 0.25) is 0 Å². The lowest BCUT2D eigenvalue weighted by Crippen LogP contribution is -2.31. The van der Waals surface area contributed by atoms with Gasteiger partial charge >= 0.3 is 0 Å². The average molecular weight is 426 g/mol. The van der Waals surface area contributed by atoms with Gasteiger partial charge in [0.25, 0.3) is 5.91 Å². The number of hydrogen-bond donors (Lipinski definition) is 0. The first kappa shape index (κ1) is 20.3. The predicted molar refractivity (Wildman–Crippen MR) is 121 cm³/mol. The minimum absolute atomic E-state index is 0.165. The fourth-order valence-electron chi connectivity index (χ4n) is 3.10. The van der Waals surface area contributed by atoms with Crippen molar-refractivity contribution in [1.82, 2.24) is 19.7 Å². The third kappa shape index (κ3) is 4.60. The number of rotatable bonds is 7. The number of para-hydroxylation sites is 1. The van der Waals surface area contributed by atoms with E-state index >= 15 is 0 Å². The molecule has 4 aromatic rings. The van der Waals surface area contributed by atoms with Crippen LogP contribution in [-0.4, -0.2) is 32.1 Å². The van der Waals surface area contributed by atoms with E-state index in [9.17, 15) is 4.79 Å². The summed E-state index contributed by atoms with van der Waals surface area (Å²) in [5, 5.41) is 15.9. The summed E-state index contributed by atoms with van der Waals surface area (Å²) in [6.07, 6.45) is 5.34. The van der Waals surface area contributed by atoms with Gasteiger partial charge < -0.3 is 4.90 Å². The molecule has 0 aliphatic carbocycles. The van der Waals surface area contributed by atoms with Crippen LogP contribution < -0.4 is 0 Å². The Hall–Kier alpha value is -4.02. The summed E-state index contributed by atoms with van der Waals surface area (Å²) in [5.74, 6) is -0.165. The van der Waals surface area contributed by atoms with Gasteiger partial charge in [-0.15, -0.1) is 17.9 Å². The zero-order chi connectivity index (χ0) is 21.6. The molecule has 0 unspecified atom stereocenters. The first-order chi connectivity index (χ1) is 15.2. The largest absolute Gasteiger partial charge is 0.329 e. The molecule has 0 spiro atoms. The summed E-state index contributed by atoms with van der Waals surface area (Å²) < 4.78 is 1.78. The number of hydrogen-bond acceptors (Lipinski definition) is 5. The van der Waals surface area contributed by atoms with Crippen LogP contribution in [0.15, 0.2) is 85.0 Å². The number of carbonyl (C=O) groups excluding carboxylic acids is 1. The van der Waals surface area contributed by atoms with E-state index in [0.717, 1.165) is 21.8 Å². The van der Waals surface area contributed by atoms with Crippen LogP contribution in [0.1, 0.15) is 21.6 Å². The van der Waals surface area contributed by atoms with E-state index < -0.39 is 0 Å². The van der Waals surface area contributed by atoms with Crippen LogP contribution in [0.3, 0.4) is 0 Å². The van der Waals surface area contributed by atoms with Crippen LogP contribution in [-0.2, 0) is 6.54 Å². The minimum Gasteiger partial charge on any atom is -0.329 e. The highest BCUT2D eigenvalue weighted by atomic mass is 32.1. The van der Waals surface area contributed by atoms with E-state index in [4.69, 9.17) is 5.26 Å². The molecule has 0 radical (unpaired) electrons. The summed E-state index contributed by atoms with van der Waals surface area (Å²) in [6, 6.07) is 19.1. The van der Waals surface area contributed by atoms with Crippen molar-refractivity contribution in [3.8, 4) is 22.3 Å². The van der Waals surface area contributed by atoms with E-state index in [1.807, 2.05) is 48.7 Å². The summed E-state index contributed by atoms with van der Waals surface area (Å²) in [4.78, 5) is 19.3. The van der Waals surface area contributed by atoms with Gasteiger partial charge in [-0.2, -0.15) is 10.4 Å². The topological polar surface area (TPSA) is 74.8 Å². The van der Waals surface area contributed by atoms with Crippen LogP contribution >= 0.6 is 11.3 Å². The molecule has 152 valence electrons. The van der Waals surface area contributed by atoms with Crippen molar-refractivity contribution in [3.05, 3.63) is 102 Å². The maximum Gasteiger partial charge on any atom is 0.273 e. The van der Waals surface area contributed by atoms with Crippen molar-refractivity contribution in [2.24, 2.45) is 0 Å². The van der Waals surface area contributed by atoms with Crippen molar-refractivity contribution < 1.29 is 4.79 Å². The number of amides is 1. The summed E-state index contributed by atoms with van der Waals surface area (Å²) >= 11 is 1.41. The Morgan fingerprint density at radius 1 is 1.19 bits per heavy atom. The van der Waals surface area contributed by atoms with Crippen molar-refractivity contribution >= 4 is 17.2 Å². The van der Waals surface area contributed by atoms with Crippen LogP contribution in [0.5, 0.6) is 0 Å². The van der Waals surface area contributed by atoms with Gasteiger partial charge in [-0.25, -0.2) is 9.67 Å². The van der Waals surface area contributed by atoms with Crippen molar-refractivity contribution in [3.63, 3.8) is 0 Å². The lowest BCUT2D eigenvalue weighted by atomic mass is 10.1. The number of carbonyl (C=O) groups is 1. The Labute approximate surface area is 184 Å². The molecule has 31 heavy (non-hydrogen) atoms. The zero-order valence-corrected chi connectivity index (χ0v) is 17.5. The smallest absolute Gasteiger partial charge is 0.273 e. The number of nitrogens with zero attached hydrogens (tertiary/aromatic N) is 5. The van der Waals surface area contributed by atoms with E-state index in [0.29, 0.717) is 24.3 Å². The van der Waals surface area contributed by atoms with Gasteiger partial charge in [0, 0.05) is 30.2 Å². The molecule has 7 heteroatoms. The van der Waals surface area contributed by atoms with Crippen LogP contribution in [0.4, 0.5) is 0 Å². The molecule has 1 amide bonds. The molecule has 2 heterocycles. The fourth-order valence-corrected chi connectivity index (χ4v) is 3.87. The Morgan fingerprint density at radius 3 is 2.68 bits per heavy atom. The monoisotopic (exact) mass is 425 g/mol. The zero-order valence-electron chi connectivity index (χ0n) is 16.7.